The highest BCUT2D eigenvalue weighted by Crippen LogP contribution is 2.29. The van der Waals surface area contributed by atoms with Gasteiger partial charge in [0.15, 0.2) is 0 Å². The van der Waals surface area contributed by atoms with Crippen LogP contribution >= 0.6 is 0 Å². The van der Waals surface area contributed by atoms with Crippen molar-refractivity contribution >= 4 is 5.91 Å². The molecule has 1 heterocycles. The molecule has 1 amide bonds. The van der Waals surface area contributed by atoms with Gasteiger partial charge in [-0.3, -0.25) is 4.79 Å². The molecular weight excluding hydrogens is 224 g/mol. The number of carbonyl (C=O) groups is 1. The average molecular weight is 252 g/mol. The molecule has 1 atom stereocenters. The third-order valence-electron chi connectivity index (χ3n) is 4.63. The normalized spacial score (nSPS) is 25.6. The Kier molecular flexibility index (Phi) is 5.48. The van der Waals surface area contributed by atoms with Crippen LogP contribution in [-0.2, 0) is 4.79 Å². The van der Waals surface area contributed by atoms with Gasteiger partial charge < -0.3 is 10.6 Å². The molecule has 0 aromatic heterocycles. The molecule has 0 spiro atoms. The first-order chi connectivity index (χ1) is 8.81. The van der Waals surface area contributed by atoms with E-state index in [0.29, 0.717) is 17.9 Å². The first kappa shape index (κ1) is 13.9. The summed E-state index contributed by atoms with van der Waals surface area (Å²) in [5, 5.41) is 0. The molecule has 18 heavy (non-hydrogen) atoms. The highest BCUT2D eigenvalue weighted by molar-refractivity contribution is 5.77. The Bertz CT molecular complexity index is 261. The van der Waals surface area contributed by atoms with Crippen molar-refractivity contribution in [2.24, 2.45) is 11.7 Å². The summed E-state index contributed by atoms with van der Waals surface area (Å²) in [7, 11) is 0. The van der Waals surface area contributed by atoms with Crippen molar-refractivity contribution in [1.29, 1.82) is 0 Å². The topological polar surface area (TPSA) is 46.3 Å². The lowest BCUT2D eigenvalue weighted by atomic mass is 9.86. The molecule has 0 radical (unpaired) electrons. The van der Waals surface area contributed by atoms with Crippen LogP contribution in [0.15, 0.2) is 0 Å². The zero-order valence-electron chi connectivity index (χ0n) is 11.6. The lowest BCUT2D eigenvalue weighted by Gasteiger charge is -2.28. The maximum atomic E-state index is 12.4. The van der Waals surface area contributed by atoms with Gasteiger partial charge >= 0.3 is 0 Å². The molecule has 0 aromatic carbocycles. The van der Waals surface area contributed by atoms with E-state index in [4.69, 9.17) is 5.73 Å². The number of hydrogen-bond acceptors (Lipinski definition) is 2. The fraction of sp³-hybridized carbons (Fsp3) is 0.933. The molecule has 2 aliphatic rings. The lowest BCUT2D eigenvalue weighted by molar-refractivity contribution is -0.133. The fourth-order valence-electron chi connectivity index (χ4n) is 3.57. The summed E-state index contributed by atoms with van der Waals surface area (Å²) in [6, 6.07) is 0.490. The summed E-state index contributed by atoms with van der Waals surface area (Å²) in [6.45, 7) is 1.74. The summed E-state index contributed by atoms with van der Waals surface area (Å²) in [5.41, 5.74) is 5.57. The number of hydrogen-bond donors (Lipinski definition) is 1. The third kappa shape index (κ3) is 3.71. The number of nitrogens with two attached hydrogens (primary N) is 1. The van der Waals surface area contributed by atoms with E-state index < -0.39 is 0 Å². The second-order valence-corrected chi connectivity index (χ2v) is 6.02. The van der Waals surface area contributed by atoms with E-state index in [9.17, 15) is 4.79 Å². The van der Waals surface area contributed by atoms with Crippen molar-refractivity contribution in [2.45, 2.75) is 70.3 Å². The van der Waals surface area contributed by atoms with Crippen LogP contribution < -0.4 is 5.73 Å². The summed E-state index contributed by atoms with van der Waals surface area (Å²) >= 11 is 0. The summed E-state index contributed by atoms with van der Waals surface area (Å²) < 4.78 is 0. The Labute approximate surface area is 111 Å². The predicted molar refractivity (Wildman–Crippen MR) is 74.2 cm³/mol. The molecule has 3 heteroatoms. The van der Waals surface area contributed by atoms with Gasteiger partial charge in [0.1, 0.15) is 0 Å². The highest BCUT2D eigenvalue weighted by Gasteiger charge is 2.29. The molecule has 1 aliphatic carbocycles. The number of carbonyl (C=O) groups excluding carboxylic acids is 1. The minimum absolute atomic E-state index is 0.418. The number of rotatable bonds is 5. The Morgan fingerprint density at radius 2 is 1.89 bits per heavy atom. The molecule has 1 aliphatic heterocycles. The molecule has 2 rings (SSSR count). The van der Waals surface area contributed by atoms with Crippen molar-refractivity contribution in [2.75, 3.05) is 13.1 Å². The van der Waals surface area contributed by atoms with Gasteiger partial charge in [0.25, 0.3) is 0 Å². The number of amides is 1. The minimum Gasteiger partial charge on any atom is -0.340 e. The van der Waals surface area contributed by atoms with Crippen molar-refractivity contribution < 1.29 is 4.79 Å². The van der Waals surface area contributed by atoms with Gasteiger partial charge in [0.05, 0.1) is 0 Å². The summed E-state index contributed by atoms with van der Waals surface area (Å²) in [6.07, 6.45) is 11.9. The van der Waals surface area contributed by atoms with Gasteiger partial charge in [-0.05, 0) is 51.0 Å². The molecule has 1 unspecified atom stereocenters. The van der Waals surface area contributed by atoms with Crippen molar-refractivity contribution in [3.05, 3.63) is 0 Å². The van der Waals surface area contributed by atoms with E-state index in [1.807, 2.05) is 0 Å². The van der Waals surface area contributed by atoms with Crippen LogP contribution in [0.25, 0.3) is 0 Å². The van der Waals surface area contributed by atoms with Gasteiger partial charge in [-0.2, -0.15) is 0 Å². The molecule has 2 fully saturated rings. The average Bonchev–Trinajstić information content (AvgIpc) is 2.86. The van der Waals surface area contributed by atoms with E-state index >= 15 is 0 Å². The van der Waals surface area contributed by atoms with Crippen LogP contribution in [0.2, 0.25) is 0 Å². The van der Waals surface area contributed by atoms with Crippen LogP contribution in [0.1, 0.15) is 64.2 Å². The highest BCUT2D eigenvalue weighted by atomic mass is 16.2. The third-order valence-corrected chi connectivity index (χ3v) is 4.63. The first-order valence-corrected chi connectivity index (χ1v) is 7.81. The molecule has 0 bridgehead atoms. The van der Waals surface area contributed by atoms with Crippen LogP contribution in [0.3, 0.4) is 0 Å². The van der Waals surface area contributed by atoms with E-state index in [1.165, 1.54) is 44.9 Å². The van der Waals surface area contributed by atoms with Crippen LogP contribution in [0.4, 0.5) is 0 Å². The fourth-order valence-corrected chi connectivity index (χ4v) is 3.57. The second kappa shape index (κ2) is 7.13. The van der Waals surface area contributed by atoms with E-state index in [0.717, 1.165) is 32.4 Å². The van der Waals surface area contributed by atoms with Crippen LogP contribution in [0, 0.1) is 5.92 Å². The number of nitrogens with zero attached hydrogens (tertiary/aromatic N) is 1. The summed E-state index contributed by atoms with van der Waals surface area (Å²) in [5.74, 6) is 1.09. The maximum absolute atomic E-state index is 12.4. The van der Waals surface area contributed by atoms with Gasteiger partial charge in [-0.15, -0.1) is 0 Å². The smallest absolute Gasteiger partial charge is 0.223 e. The van der Waals surface area contributed by atoms with Gasteiger partial charge in [-0.1, -0.05) is 19.3 Å². The van der Waals surface area contributed by atoms with Crippen LogP contribution in [-0.4, -0.2) is 29.9 Å². The Balaban J connectivity index is 1.79. The summed E-state index contributed by atoms with van der Waals surface area (Å²) in [4.78, 5) is 14.5. The molecule has 0 aromatic rings. The Morgan fingerprint density at radius 3 is 2.61 bits per heavy atom. The predicted octanol–water partition coefficient (Wildman–Crippen LogP) is 2.69. The van der Waals surface area contributed by atoms with Crippen molar-refractivity contribution in [3.63, 3.8) is 0 Å². The quantitative estimate of drug-likeness (QED) is 0.817. The van der Waals surface area contributed by atoms with Crippen LogP contribution in [0.5, 0.6) is 0 Å². The van der Waals surface area contributed by atoms with E-state index in [2.05, 4.69) is 4.90 Å². The Hall–Kier alpha value is -0.570. The zero-order valence-corrected chi connectivity index (χ0v) is 11.6. The molecular formula is C15H28N2O. The van der Waals surface area contributed by atoms with E-state index in [1.54, 1.807) is 0 Å². The largest absolute Gasteiger partial charge is 0.340 e. The standard InChI is InChI=1S/C15H28N2O/c16-10-4-8-14-9-5-11-17(14)15(18)12-13-6-2-1-3-7-13/h13-14H,1-12,16H2. The van der Waals surface area contributed by atoms with Gasteiger partial charge in [0.2, 0.25) is 5.91 Å². The minimum atomic E-state index is 0.418. The molecule has 1 saturated heterocycles. The van der Waals surface area contributed by atoms with Gasteiger partial charge in [-0.25, -0.2) is 0 Å². The van der Waals surface area contributed by atoms with Crippen molar-refractivity contribution in [1.82, 2.24) is 4.90 Å². The Morgan fingerprint density at radius 1 is 1.11 bits per heavy atom. The molecule has 1 saturated carbocycles. The molecule has 3 nitrogen and oxygen atoms in total. The van der Waals surface area contributed by atoms with Crippen molar-refractivity contribution in [3.8, 4) is 0 Å². The number of likely N-dealkylation sites (tertiary alicyclic amines) is 1. The maximum Gasteiger partial charge on any atom is 0.223 e. The molecule has 2 N–H and O–H groups in total. The SMILES string of the molecule is NCCCC1CCCN1C(=O)CC1CCCCC1. The van der Waals surface area contributed by atoms with E-state index in [-0.39, 0.29) is 0 Å². The molecule has 104 valence electrons. The van der Waals surface area contributed by atoms with Gasteiger partial charge in [0, 0.05) is 19.0 Å². The zero-order chi connectivity index (χ0) is 12.8. The second-order valence-electron chi connectivity index (χ2n) is 6.02. The first-order valence-electron chi connectivity index (χ1n) is 7.81. The monoisotopic (exact) mass is 252 g/mol. The lowest BCUT2D eigenvalue weighted by Crippen LogP contribution is -2.37.